The Morgan fingerprint density at radius 1 is 0.800 bits per heavy atom. The molecule has 0 aliphatic carbocycles. The van der Waals surface area contributed by atoms with Gasteiger partial charge in [-0.05, 0) is 29.7 Å². The molecule has 0 bridgehead atoms. The van der Waals surface area contributed by atoms with Gasteiger partial charge in [0.15, 0.2) is 0 Å². The van der Waals surface area contributed by atoms with Crippen LogP contribution < -0.4 is 0 Å². The first kappa shape index (κ1) is 18.8. The fourth-order valence-corrected chi connectivity index (χ4v) is 4.37. The monoisotopic (exact) mass is 390 g/mol. The third kappa shape index (κ3) is 3.79. The van der Waals surface area contributed by atoms with Crippen LogP contribution in [0, 0.1) is 0 Å². The van der Waals surface area contributed by atoms with E-state index in [-0.39, 0.29) is 0 Å². The molecule has 3 aromatic carbocycles. The van der Waals surface area contributed by atoms with Crippen LogP contribution in [0.4, 0.5) is 0 Å². The third-order valence-corrected chi connectivity index (χ3v) is 6.04. The van der Waals surface area contributed by atoms with Crippen LogP contribution in [0.2, 0.25) is 0 Å². The van der Waals surface area contributed by atoms with Crippen molar-refractivity contribution in [1.29, 1.82) is 0 Å². The lowest BCUT2D eigenvalue weighted by atomic mass is 9.92. The summed E-state index contributed by atoms with van der Waals surface area (Å²) in [6.45, 7) is 4.23. The number of pyridine rings is 1. The molecular weight excluding hydrogens is 364 g/mol. The summed E-state index contributed by atoms with van der Waals surface area (Å²) in [7, 11) is 0. The molecule has 0 fully saturated rings. The Kier molecular flexibility index (Phi) is 5.17. The Balaban J connectivity index is 1.56. The molecule has 2 heteroatoms. The Morgan fingerprint density at radius 2 is 1.40 bits per heavy atom. The van der Waals surface area contributed by atoms with E-state index in [2.05, 4.69) is 109 Å². The summed E-state index contributed by atoms with van der Waals surface area (Å²) in [5.41, 5.74) is 8.66. The second-order valence-corrected chi connectivity index (χ2v) is 8.17. The van der Waals surface area contributed by atoms with E-state index in [1.807, 2.05) is 0 Å². The zero-order valence-electron chi connectivity index (χ0n) is 17.3. The maximum Gasteiger partial charge on any atom is 0.0783 e. The molecule has 4 aromatic rings. The van der Waals surface area contributed by atoms with Crippen LogP contribution in [0.5, 0.6) is 0 Å². The molecule has 1 unspecified atom stereocenters. The van der Waals surface area contributed by atoms with Crippen LogP contribution in [0.15, 0.2) is 97.1 Å². The van der Waals surface area contributed by atoms with Crippen molar-refractivity contribution in [2.24, 2.45) is 0 Å². The van der Waals surface area contributed by atoms with Crippen LogP contribution in [-0.2, 0) is 19.5 Å². The Morgan fingerprint density at radius 3 is 2.07 bits per heavy atom. The first-order valence-corrected chi connectivity index (χ1v) is 10.7. The van der Waals surface area contributed by atoms with Crippen molar-refractivity contribution in [2.75, 3.05) is 0 Å². The van der Waals surface area contributed by atoms with Gasteiger partial charge in [0.25, 0.3) is 0 Å². The quantitative estimate of drug-likeness (QED) is 0.403. The first-order chi connectivity index (χ1) is 14.8. The van der Waals surface area contributed by atoms with Gasteiger partial charge in [0.2, 0.25) is 0 Å². The Bertz CT molecular complexity index is 1120. The molecule has 0 saturated carbocycles. The van der Waals surface area contributed by atoms with Gasteiger partial charge >= 0.3 is 0 Å². The lowest BCUT2D eigenvalue weighted by molar-refractivity contribution is 0.173. The molecule has 0 saturated heterocycles. The normalized spacial score (nSPS) is 16.2. The lowest BCUT2D eigenvalue weighted by Gasteiger charge is -2.35. The predicted octanol–water partition coefficient (Wildman–Crippen LogP) is 6.36. The standard InChI is InChI=1S/C28H26N2/c1-21-17-27-25(20-30(21)19-22-11-5-2-6-12-22)18-26(23-13-7-3-8-14-23)28(29-27)24-15-9-4-10-16-24/h2-16,18,21H,17,19-20H2,1H3. The third-order valence-electron chi connectivity index (χ3n) is 6.04. The number of rotatable bonds is 4. The molecule has 0 amide bonds. The molecule has 5 rings (SSSR count). The number of aromatic nitrogens is 1. The highest BCUT2D eigenvalue weighted by atomic mass is 15.2. The highest BCUT2D eigenvalue weighted by molar-refractivity contribution is 5.81. The highest BCUT2D eigenvalue weighted by Gasteiger charge is 2.26. The number of fused-ring (bicyclic) bond motifs is 1. The van der Waals surface area contributed by atoms with Crippen LogP contribution in [-0.4, -0.2) is 15.9 Å². The van der Waals surface area contributed by atoms with Gasteiger partial charge in [-0.1, -0.05) is 91.0 Å². The second kappa shape index (κ2) is 8.25. The molecule has 148 valence electrons. The van der Waals surface area contributed by atoms with E-state index in [1.165, 1.54) is 33.5 Å². The Hall–Kier alpha value is -3.23. The fourth-order valence-electron chi connectivity index (χ4n) is 4.37. The second-order valence-electron chi connectivity index (χ2n) is 8.17. The summed E-state index contributed by atoms with van der Waals surface area (Å²) in [6.07, 6.45) is 0.983. The molecule has 1 aliphatic heterocycles. The van der Waals surface area contributed by atoms with Crippen molar-refractivity contribution in [3.8, 4) is 22.4 Å². The summed E-state index contributed by atoms with van der Waals surface area (Å²) in [5.74, 6) is 0. The summed E-state index contributed by atoms with van der Waals surface area (Å²) in [5, 5.41) is 0. The average Bonchev–Trinajstić information content (AvgIpc) is 2.81. The highest BCUT2D eigenvalue weighted by Crippen LogP contribution is 2.35. The topological polar surface area (TPSA) is 16.1 Å². The van der Waals surface area contributed by atoms with Gasteiger partial charge in [-0.2, -0.15) is 0 Å². The van der Waals surface area contributed by atoms with Gasteiger partial charge in [0.05, 0.1) is 5.69 Å². The summed E-state index contributed by atoms with van der Waals surface area (Å²) < 4.78 is 0. The van der Waals surface area contributed by atoms with Crippen molar-refractivity contribution in [3.63, 3.8) is 0 Å². The van der Waals surface area contributed by atoms with Gasteiger partial charge in [-0.25, -0.2) is 0 Å². The number of hydrogen-bond donors (Lipinski definition) is 0. The molecular formula is C28H26N2. The van der Waals surface area contributed by atoms with Crippen LogP contribution >= 0.6 is 0 Å². The van der Waals surface area contributed by atoms with E-state index in [1.54, 1.807) is 0 Å². The van der Waals surface area contributed by atoms with Crippen LogP contribution in [0.3, 0.4) is 0 Å². The largest absolute Gasteiger partial charge is 0.292 e. The molecule has 2 nitrogen and oxygen atoms in total. The molecule has 30 heavy (non-hydrogen) atoms. The minimum absolute atomic E-state index is 0.469. The molecule has 0 spiro atoms. The minimum atomic E-state index is 0.469. The van der Waals surface area contributed by atoms with Gasteiger partial charge < -0.3 is 0 Å². The molecule has 1 aromatic heterocycles. The maximum absolute atomic E-state index is 5.23. The molecule has 1 atom stereocenters. The van der Waals surface area contributed by atoms with Gasteiger partial charge in [-0.3, -0.25) is 9.88 Å². The predicted molar refractivity (Wildman–Crippen MR) is 124 cm³/mol. The van der Waals surface area contributed by atoms with E-state index >= 15 is 0 Å². The molecule has 1 aliphatic rings. The average molecular weight is 391 g/mol. The van der Waals surface area contributed by atoms with Crippen molar-refractivity contribution < 1.29 is 0 Å². The van der Waals surface area contributed by atoms with Gasteiger partial charge in [0, 0.05) is 42.4 Å². The minimum Gasteiger partial charge on any atom is -0.292 e. The number of nitrogens with zero attached hydrogens (tertiary/aromatic N) is 2. The lowest BCUT2D eigenvalue weighted by Crippen LogP contribution is -2.38. The first-order valence-electron chi connectivity index (χ1n) is 10.7. The smallest absolute Gasteiger partial charge is 0.0783 e. The zero-order valence-corrected chi connectivity index (χ0v) is 17.3. The molecule has 2 heterocycles. The number of hydrogen-bond acceptors (Lipinski definition) is 2. The summed E-state index contributed by atoms with van der Waals surface area (Å²) >= 11 is 0. The Labute approximate surface area is 178 Å². The van der Waals surface area contributed by atoms with Gasteiger partial charge in [-0.15, -0.1) is 0 Å². The van der Waals surface area contributed by atoms with Crippen molar-refractivity contribution in [3.05, 3.63) is 114 Å². The van der Waals surface area contributed by atoms with E-state index < -0.39 is 0 Å². The summed E-state index contributed by atoms with van der Waals surface area (Å²) in [6, 6.07) is 34.8. The maximum atomic E-state index is 5.23. The van der Waals surface area contributed by atoms with E-state index in [0.717, 1.165) is 25.2 Å². The fraction of sp³-hybridized carbons (Fsp3) is 0.179. The van der Waals surface area contributed by atoms with Crippen LogP contribution in [0.1, 0.15) is 23.7 Å². The number of benzene rings is 3. The zero-order chi connectivity index (χ0) is 20.3. The van der Waals surface area contributed by atoms with E-state index in [9.17, 15) is 0 Å². The van der Waals surface area contributed by atoms with Gasteiger partial charge in [0.1, 0.15) is 0 Å². The summed E-state index contributed by atoms with van der Waals surface area (Å²) in [4.78, 5) is 7.79. The van der Waals surface area contributed by atoms with Crippen molar-refractivity contribution in [2.45, 2.75) is 32.5 Å². The molecule has 0 radical (unpaired) electrons. The van der Waals surface area contributed by atoms with Crippen molar-refractivity contribution in [1.82, 2.24) is 9.88 Å². The van der Waals surface area contributed by atoms with Crippen molar-refractivity contribution >= 4 is 0 Å². The van der Waals surface area contributed by atoms with Crippen LogP contribution in [0.25, 0.3) is 22.4 Å². The SMILES string of the molecule is CC1Cc2nc(-c3ccccc3)c(-c3ccccc3)cc2CN1Cc1ccccc1. The van der Waals surface area contributed by atoms with E-state index in [4.69, 9.17) is 4.98 Å². The molecule has 0 N–H and O–H groups in total. The van der Waals surface area contributed by atoms with E-state index in [0.29, 0.717) is 6.04 Å².